The Morgan fingerprint density at radius 2 is 2.00 bits per heavy atom. The topological polar surface area (TPSA) is 68.2 Å². The number of nitrogens with zero attached hydrogens (tertiary/aromatic N) is 1. The molecule has 0 aromatic heterocycles. The standard InChI is InChI=1S/C21H33NO5/c1-14(23)21(2)13-22(20(24)26-4)12-17(21)15-9-10-18(25-3)19(11-15)27-16-7-5-6-8-16/h10-11,14-17,23H,5-9,12-13H2,1-4H3/t14-,15?,17-,21-/m1/s1. The molecule has 3 rings (SSSR count). The van der Waals surface area contributed by atoms with Gasteiger partial charge in [0.1, 0.15) is 0 Å². The van der Waals surface area contributed by atoms with Gasteiger partial charge in [0.2, 0.25) is 0 Å². The number of hydrogen-bond acceptors (Lipinski definition) is 5. The zero-order valence-corrected chi connectivity index (χ0v) is 16.9. The van der Waals surface area contributed by atoms with Crippen molar-refractivity contribution < 1.29 is 24.1 Å². The molecule has 0 aromatic carbocycles. The monoisotopic (exact) mass is 379 g/mol. The molecule has 3 aliphatic rings. The maximum Gasteiger partial charge on any atom is 0.409 e. The first-order valence-corrected chi connectivity index (χ1v) is 10.0. The van der Waals surface area contributed by atoms with Gasteiger partial charge in [-0.05, 0) is 63.0 Å². The summed E-state index contributed by atoms with van der Waals surface area (Å²) in [5.41, 5.74) is -0.397. The normalized spacial score (nSPS) is 32.7. The fourth-order valence-electron chi connectivity index (χ4n) is 4.81. The van der Waals surface area contributed by atoms with E-state index in [1.165, 1.54) is 20.0 Å². The van der Waals surface area contributed by atoms with Crippen molar-refractivity contribution in [1.29, 1.82) is 0 Å². The van der Waals surface area contributed by atoms with Crippen molar-refractivity contribution in [2.45, 2.75) is 58.2 Å². The molecule has 0 radical (unpaired) electrons. The summed E-state index contributed by atoms with van der Waals surface area (Å²) in [5.74, 6) is 1.90. The molecule has 1 saturated heterocycles. The highest BCUT2D eigenvalue weighted by molar-refractivity contribution is 5.68. The first-order valence-electron chi connectivity index (χ1n) is 10.0. The van der Waals surface area contributed by atoms with Crippen LogP contribution in [0.15, 0.2) is 23.7 Å². The molecule has 1 N–H and O–H groups in total. The number of amides is 1. The highest BCUT2D eigenvalue weighted by Gasteiger charge is 2.51. The van der Waals surface area contributed by atoms with Gasteiger partial charge in [0.25, 0.3) is 0 Å². The van der Waals surface area contributed by atoms with E-state index < -0.39 is 11.5 Å². The predicted molar refractivity (Wildman–Crippen MR) is 102 cm³/mol. The van der Waals surface area contributed by atoms with E-state index in [4.69, 9.17) is 14.2 Å². The zero-order valence-electron chi connectivity index (χ0n) is 16.9. The maximum atomic E-state index is 12.1. The predicted octanol–water partition coefficient (Wildman–Crippen LogP) is 3.47. The largest absolute Gasteiger partial charge is 0.493 e. The van der Waals surface area contributed by atoms with Gasteiger partial charge in [-0.1, -0.05) is 6.92 Å². The van der Waals surface area contributed by atoms with Gasteiger partial charge >= 0.3 is 6.09 Å². The lowest BCUT2D eigenvalue weighted by Gasteiger charge is -2.38. The highest BCUT2D eigenvalue weighted by Crippen LogP contribution is 2.46. The molecule has 0 aromatic rings. The Morgan fingerprint density at radius 1 is 1.30 bits per heavy atom. The number of hydrogen-bond donors (Lipinski definition) is 1. The van der Waals surface area contributed by atoms with E-state index >= 15 is 0 Å². The molecule has 2 fully saturated rings. The van der Waals surface area contributed by atoms with Crippen LogP contribution in [-0.4, -0.2) is 55.6 Å². The summed E-state index contributed by atoms with van der Waals surface area (Å²) in [6, 6.07) is 0. The summed E-state index contributed by atoms with van der Waals surface area (Å²) in [7, 11) is 3.07. The number of likely N-dealkylation sites (tertiary alicyclic amines) is 1. The Kier molecular flexibility index (Phi) is 6.04. The highest BCUT2D eigenvalue weighted by atomic mass is 16.5. The minimum absolute atomic E-state index is 0.119. The van der Waals surface area contributed by atoms with E-state index in [2.05, 4.69) is 19.1 Å². The molecule has 4 atom stereocenters. The van der Waals surface area contributed by atoms with E-state index in [9.17, 15) is 9.90 Å². The summed E-state index contributed by atoms with van der Waals surface area (Å²) in [6.45, 7) is 4.94. The Bertz CT molecular complexity index is 608. The van der Waals surface area contributed by atoms with Crippen LogP contribution in [0.4, 0.5) is 4.79 Å². The number of methoxy groups -OCH3 is 2. The molecule has 0 spiro atoms. The Hall–Kier alpha value is -1.69. The van der Waals surface area contributed by atoms with Crippen LogP contribution in [0.5, 0.6) is 0 Å². The Balaban J connectivity index is 1.83. The fourth-order valence-corrected chi connectivity index (χ4v) is 4.81. The van der Waals surface area contributed by atoms with Crippen LogP contribution in [0.25, 0.3) is 0 Å². The summed E-state index contributed by atoms with van der Waals surface area (Å²) in [6.07, 6.45) is 9.04. The summed E-state index contributed by atoms with van der Waals surface area (Å²) >= 11 is 0. The zero-order chi connectivity index (χ0) is 19.6. The molecular weight excluding hydrogens is 346 g/mol. The molecule has 27 heavy (non-hydrogen) atoms. The molecule has 1 heterocycles. The van der Waals surface area contributed by atoms with Gasteiger partial charge in [-0.3, -0.25) is 0 Å². The third-order valence-corrected chi connectivity index (χ3v) is 6.70. The van der Waals surface area contributed by atoms with Crippen molar-refractivity contribution in [2.24, 2.45) is 17.3 Å². The van der Waals surface area contributed by atoms with E-state index in [1.807, 2.05) is 6.92 Å². The summed E-state index contributed by atoms with van der Waals surface area (Å²) < 4.78 is 16.7. The van der Waals surface area contributed by atoms with Crippen molar-refractivity contribution in [2.75, 3.05) is 27.3 Å². The van der Waals surface area contributed by atoms with Crippen molar-refractivity contribution in [3.63, 3.8) is 0 Å². The van der Waals surface area contributed by atoms with Crippen LogP contribution >= 0.6 is 0 Å². The number of rotatable bonds is 5. The van der Waals surface area contributed by atoms with Gasteiger partial charge in [0, 0.05) is 18.5 Å². The number of allylic oxidation sites excluding steroid dienone is 2. The van der Waals surface area contributed by atoms with Gasteiger partial charge in [0.15, 0.2) is 11.5 Å². The average molecular weight is 379 g/mol. The summed E-state index contributed by atoms with van der Waals surface area (Å²) in [4.78, 5) is 13.8. The lowest BCUT2D eigenvalue weighted by molar-refractivity contribution is 0.0165. The Morgan fingerprint density at radius 3 is 2.59 bits per heavy atom. The van der Waals surface area contributed by atoms with E-state index in [-0.39, 0.29) is 24.0 Å². The van der Waals surface area contributed by atoms with E-state index in [1.54, 1.807) is 12.0 Å². The first-order chi connectivity index (χ1) is 12.9. The van der Waals surface area contributed by atoms with Crippen LogP contribution in [0, 0.1) is 17.3 Å². The molecule has 6 heteroatoms. The second-order valence-corrected chi connectivity index (χ2v) is 8.37. The maximum absolute atomic E-state index is 12.1. The van der Waals surface area contributed by atoms with Gasteiger partial charge in [-0.25, -0.2) is 4.79 Å². The third kappa shape index (κ3) is 3.96. The van der Waals surface area contributed by atoms with Gasteiger partial charge in [-0.15, -0.1) is 0 Å². The minimum Gasteiger partial charge on any atom is -0.493 e. The second-order valence-electron chi connectivity index (χ2n) is 8.37. The number of ether oxygens (including phenoxy) is 3. The number of aliphatic hydroxyl groups is 1. The molecule has 2 aliphatic carbocycles. The molecule has 1 unspecified atom stereocenters. The van der Waals surface area contributed by atoms with Crippen molar-refractivity contribution in [1.82, 2.24) is 4.90 Å². The first kappa shape index (κ1) is 20.1. The third-order valence-electron chi connectivity index (χ3n) is 6.70. The fraction of sp³-hybridized carbons (Fsp3) is 0.762. The lowest BCUT2D eigenvalue weighted by Crippen LogP contribution is -2.41. The van der Waals surface area contributed by atoms with Crippen molar-refractivity contribution in [3.05, 3.63) is 23.7 Å². The summed E-state index contributed by atoms with van der Waals surface area (Å²) in [5, 5.41) is 10.5. The quantitative estimate of drug-likeness (QED) is 0.792. The molecule has 6 nitrogen and oxygen atoms in total. The molecule has 1 aliphatic heterocycles. The smallest absolute Gasteiger partial charge is 0.409 e. The molecule has 1 amide bonds. The number of aliphatic hydroxyl groups excluding tert-OH is 1. The van der Waals surface area contributed by atoms with Crippen LogP contribution < -0.4 is 0 Å². The van der Waals surface area contributed by atoms with Gasteiger partial charge < -0.3 is 24.2 Å². The molecule has 1 saturated carbocycles. The molecule has 152 valence electrons. The average Bonchev–Trinajstić information content (AvgIpc) is 3.29. The second kappa shape index (κ2) is 8.13. The van der Waals surface area contributed by atoms with Gasteiger partial charge in [0.05, 0.1) is 26.4 Å². The van der Waals surface area contributed by atoms with Crippen molar-refractivity contribution in [3.8, 4) is 0 Å². The molecular formula is C21H33NO5. The Labute approximate surface area is 162 Å². The van der Waals surface area contributed by atoms with Crippen molar-refractivity contribution >= 4 is 6.09 Å². The SMILES string of the molecule is COC(=O)N1C[C@H](C2C=C(OC3CCCC3)C(OC)=CC2)[C@@](C)([C@@H](C)O)C1. The van der Waals surface area contributed by atoms with Crippen LogP contribution in [-0.2, 0) is 14.2 Å². The van der Waals surface area contributed by atoms with Crippen LogP contribution in [0.1, 0.15) is 46.0 Å². The van der Waals surface area contributed by atoms with Crippen LogP contribution in [0.2, 0.25) is 0 Å². The number of carbonyl (C=O) groups is 1. The molecule has 0 bridgehead atoms. The van der Waals surface area contributed by atoms with Crippen LogP contribution in [0.3, 0.4) is 0 Å². The van der Waals surface area contributed by atoms with Gasteiger partial charge in [-0.2, -0.15) is 0 Å². The van der Waals surface area contributed by atoms with E-state index in [0.29, 0.717) is 13.1 Å². The number of carbonyl (C=O) groups excluding carboxylic acids is 1. The van der Waals surface area contributed by atoms with E-state index in [0.717, 1.165) is 30.8 Å². The minimum atomic E-state index is -0.530. The lowest BCUT2D eigenvalue weighted by atomic mass is 9.68.